The van der Waals surface area contributed by atoms with Gasteiger partial charge in [-0.1, -0.05) is 0 Å². The second kappa shape index (κ2) is 8.19. The van der Waals surface area contributed by atoms with Crippen LogP contribution in [0.15, 0.2) is 59.7 Å². The fourth-order valence-electron chi connectivity index (χ4n) is 3.59. The average molecular weight is 420 g/mol. The number of halogens is 1. The number of nitrogens with one attached hydrogen (secondary N) is 1. The highest BCUT2D eigenvalue weighted by atomic mass is 19.1. The Morgan fingerprint density at radius 2 is 1.87 bits per heavy atom. The van der Waals surface area contributed by atoms with E-state index in [0.29, 0.717) is 17.3 Å². The smallest absolute Gasteiger partial charge is 0.182 e. The molecule has 31 heavy (non-hydrogen) atoms. The molecule has 4 aromatic rings. The molecule has 1 aliphatic rings. The molecular formula is C22H21FN6O2. The second-order valence-corrected chi connectivity index (χ2v) is 7.25. The summed E-state index contributed by atoms with van der Waals surface area (Å²) in [6.07, 6.45) is 5.94. The Morgan fingerprint density at radius 1 is 1.06 bits per heavy atom. The van der Waals surface area contributed by atoms with Crippen LogP contribution in [0.1, 0.15) is 0 Å². The minimum absolute atomic E-state index is 0.277. The van der Waals surface area contributed by atoms with Crippen LogP contribution in [-0.4, -0.2) is 46.1 Å². The van der Waals surface area contributed by atoms with Gasteiger partial charge in [0.2, 0.25) is 0 Å². The summed E-state index contributed by atoms with van der Waals surface area (Å²) in [5.74, 6) is 0.345. The van der Waals surface area contributed by atoms with E-state index >= 15 is 0 Å². The predicted octanol–water partition coefficient (Wildman–Crippen LogP) is 3.86. The van der Waals surface area contributed by atoms with Gasteiger partial charge in [-0.05, 0) is 30.3 Å². The lowest BCUT2D eigenvalue weighted by Crippen LogP contribution is -2.36. The first-order chi connectivity index (χ1) is 15.2. The summed E-state index contributed by atoms with van der Waals surface area (Å²) in [4.78, 5) is 10.7. The zero-order valence-electron chi connectivity index (χ0n) is 17.0. The topological polar surface area (TPSA) is 81.2 Å². The summed E-state index contributed by atoms with van der Waals surface area (Å²) in [6.45, 7) is 3.24. The van der Waals surface area contributed by atoms with Gasteiger partial charge in [-0.15, -0.1) is 0 Å². The summed E-state index contributed by atoms with van der Waals surface area (Å²) in [5, 5.41) is 7.38. The Balaban J connectivity index is 1.39. The van der Waals surface area contributed by atoms with Crippen molar-refractivity contribution in [3.05, 3.63) is 61.1 Å². The van der Waals surface area contributed by atoms with Crippen molar-refractivity contribution in [2.24, 2.45) is 7.05 Å². The third-order valence-corrected chi connectivity index (χ3v) is 5.16. The third-order valence-electron chi connectivity index (χ3n) is 5.16. The van der Waals surface area contributed by atoms with Gasteiger partial charge in [0, 0.05) is 43.3 Å². The van der Waals surface area contributed by atoms with Gasteiger partial charge in [-0.25, -0.2) is 14.4 Å². The first-order valence-electron chi connectivity index (χ1n) is 9.95. The predicted molar refractivity (Wildman–Crippen MR) is 115 cm³/mol. The number of pyridine rings is 1. The maximum absolute atomic E-state index is 14.6. The third kappa shape index (κ3) is 3.99. The van der Waals surface area contributed by atoms with Crippen molar-refractivity contribution in [1.29, 1.82) is 0 Å². The molecule has 9 heteroatoms. The molecule has 1 aromatic carbocycles. The van der Waals surface area contributed by atoms with E-state index < -0.39 is 5.82 Å². The minimum atomic E-state index is -0.491. The van der Waals surface area contributed by atoms with E-state index in [1.54, 1.807) is 23.1 Å². The molecule has 0 unspecified atom stereocenters. The fourth-order valence-corrected chi connectivity index (χ4v) is 3.59. The zero-order valence-corrected chi connectivity index (χ0v) is 17.0. The number of rotatable bonds is 5. The molecule has 0 bridgehead atoms. The molecule has 0 spiro atoms. The molecule has 0 atom stereocenters. The Bertz CT molecular complexity index is 1180. The van der Waals surface area contributed by atoms with Crippen LogP contribution in [0.2, 0.25) is 0 Å². The number of morpholine rings is 1. The van der Waals surface area contributed by atoms with Crippen LogP contribution in [0.3, 0.4) is 0 Å². The van der Waals surface area contributed by atoms with Gasteiger partial charge in [0.15, 0.2) is 18.0 Å². The number of anilines is 3. The summed E-state index contributed by atoms with van der Waals surface area (Å²) < 4.78 is 27.2. The number of hydrogen-bond acceptors (Lipinski definition) is 7. The number of ether oxygens (including phenoxy) is 1. The fraction of sp³-hybridized carbons (Fsp3) is 0.227. The lowest BCUT2D eigenvalue weighted by molar-refractivity contribution is 0.122. The molecule has 0 saturated carbocycles. The normalized spacial score (nSPS) is 14.1. The van der Waals surface area contributed by atoms with Crippen molar-refractivity contribution in [1.82, 2.24) is 19.7 Å². The van der Waals surface area contributed by atoms with Crippen LogP contribution in [0.4, 0.5) is 21.6 Å². The lowest BCUT2D eigenvalue weighted by Gasteiger charge is -2.28. The van der Waals surface area contributed by atoms with E-state index in [9.17, 15) is 4.39 Å². The number of oxazole rings is 1. The highest BCUT2D eigenvalue weighted by molar-refractivity contribution is 5.78. The minimum Gasteiger partial charge on any atom is -0.443 e. The van der Waals surface area contributed by atoms with Gasteiger partial charge < -0.3 is 19.4 Å². The monoisotopic (exact) mass is 420 g/mol. The summed E-state index contributed by atoms with van der Waals surface area (Å²) in [7, 11) is 1.81. The molecule has 1 saturated heterocycles. The highest BCUT2D eigenvalue weighted by Crippen LogP contribution is 2.34. The van der Waals surface area contributed by atoms with Crippen LogP contribution >= 0.6 is 0 Å². The first-order valence-corrected chi connectivity index (χ1v) is 9.95. The van der Waals surface area contributed by atoms with Gasteiger partial charge in [-0.2, -0.15) is 5.10 Å². The molecule has 4 heterocycles. The molecular weight excluding hydrogens is 399 g/mol. The van der Waals surface area contributed by atoms with Crippen LogP contribution < -0.4 is 10.2 Å². The van der Waals surface area contributed by atoms with E-state index in [0.717, 1.165) is 43.2 Å². The van der Waals surface area contributed by atoms with Crippen molar-refractivity contribution < 1.29 is 13.5 Å². The summed E-state index contributed by atoms with van der Waals surface area (Å²) in [5.41, 5.74) is 3.55. The maximum atomic E-state index is 14.6. The van der Waals surface area contributed by atoms with Crippen molar-refractivity contribution in [3.63, 3.8) is 0 Å². The summed E-state index contributed by atoms with van der Waals surface area (Å²) in [6, 6.07) is 9.67. The van der Waals surface area contributed by atoms with Crippen LogP contribution in [0, 0.1) is 5.82 Å². The van der Waals surface area contributed by atoms with E-state index in [1.807, 2.05) is 19.2 Å². The molecule has 8 nitrogen and oxygen atoms in total. The van der Waals surface area contributed by atoms with Gasteiger partial charge in [-0.3, -0.25) is 4.68 Å². The van der Waals surface area contributed by atoms with Crippen LogP contribution in [0.5, 0.6) is 0 Å². The molecule has 1 fully saturated rings. The first kappa shape index (κ1) is 19.3. The Kier molecular flexibility index (Phi) is 5.09. The maximum Gasteiger partial charge on any atom is 0.182 e. The van der Waals surface area contributed by atoms with E-state index in [1.165, 1.54) is 12.6 Å². The van der Waals surface area contributed by atoms with Crippen molar-refractivity contribution in [2.75, 3.05) is 36.5 Å². The molecule has 1 N–H and O–H groups in total. The number of aromatic nitrogens is 4. The Labute approximate surface area is 178 Å². The van der Waals surface area contributed by atoms with Gasteiger partial charge in [0.25, 0.3) is 0 Å². The lowest BCUT2D eigenvalue weighted by atomic mass is 10.1. The van der Waals surface area contributed by atoms with Crippen molar-refractivity contribution >= 4 is 17.2 Å². The molecule has 5 rings (SSSR count). The van der Waals surface area contributed by atoms with Gasteiger partial charge in [0.1, 0.15) is 11.5 Å². The van der Waals surface area contributed by atoms with E-state index in [4.69, 9.17) is 9.15 Å². The molecule has 0 radical (unpaired) electrons. The largest absolute Gasteiger partial charge is 0.443 e. The zero-order chi connectivity index (χ0) is 21.2. The molecule has 0 amide bonds. The van der Waals surface area contributed by atoms with E-state index in [-0.39, 0.29) is 5.56 Å². The van der Waals surface area contributed by atoms with Gasteiger partial charge in [0.05, 0.1) is 31.2 Å². The Hall–Kier alpha value is -3.72. The standard InChI is InChI=1S/C22H21FN6O2/c1-28-13-15(11-26-28)21-22(31-14-25-21)18-10-20(24-12-19(18)23)27-16-2-4-17(5-3-16)29-6-8-30-9-7-29/h2-5,10-14H,6-9H2,1H3,(H,24,27). The Morgan fingerprint density at radius 3 is 2.61 bits per heavy atom. The van der Waals surface area contributed by atoms with E-state index in [2.05, 4.69) is 37.4 Å². The van der Waals surface area contributed by atoms with Crippen LogP contribution in [-0.2, 0) is 11.8 Å². The molecule has 1 aliphatic heterocycles. The molecule has 158 valence electrons. The highest BCUT2D eigenvalue weighted by Gasteiger charge is 2.19. The number of benzene rings is 1. The number of aryl methyl sites for hydroxylation is 1. The van der Waals surface area contributed by atoms with Gasteiger partial charge >= 0.3 is 0 Å². The summed E-state index contributed by atoms with van der Waals surface area (Å²) >= 11 is 0. The van der Waals surface area contributed by atoms with Crippen LogP contribution in [0.25, 0.3) is 22.6 Å². The second-order valence-electron chi connectivity index (χ2n) is 7.25. The quantitative estimate of drug-likeness (QED) is 0.525. The average Bonchev–Trinajstić information content (AvgIpc) is 3.45. The van der Waals surface area contributed by atoms with Crippen molar-refractivity contribution in [2.45, 2.75) is 0 Å². The SMILES string of the molecule is Cn1cc(-c2ncoc2-c2cc(Nc3ccc(N4CCOCC4)cc3)ncc2F)cn1. The molecule has 0 aliphatic carbocycles. The van der Waals surface area contributed by atoms with Crippen molar-refractivity contribution in [3.8, 4) is 22.6 Å². The number of nitrogens with zero attached hydrogens (tertiary/aromatic N) is 5. The number of hydrogen-bond donors (Lipinski definition) is 1. The molecule has 3 aromatic heterocycles.